The lowest BCUT2D eigenvalue weighted by molar-refractivity contribution is 0.0957. The first-order valence-corrected chi connectivity index (χ1v) is 4.30. The summed E-state index contributed by atoms with van der Waals surface area (Å²) < 4.78 is 22.6. The van der Waals surface area contributed by atoms with Crippen LogP contribution in [0.15, 0.2) is 18.2 Å². The van der Waals surface area contributed by atoms with Gasteiger partial charge in [0.1, 0.15) is 13.2 Å². The fourth-order valence-electron chi connectivity index (χ4n) is 1.29. The molecule has 0 unspecified atom stereocenters. The number of ether oxygens (including phenoxy) is 2. The molecule has 1 heterocycles. The number of Topliss-reactive ketones (excluding diaryl/α,β-unsaturated/α-hetero) is 1. The van der Waals surface area contributed by atoms with Gasteiger partial charge in [0.15, 0.2) is 24.0 Å². The molecular formula is C10H9FO3. The summed E-state index contributed by atoms with van der Waals surface area (Å²) in [6.45, 7) is -0.0245. The third-order valence-corrected chi connectivity index (χ3v) is 1.99. The van der Waals surface area contributed by atoms with Gasteiger partial charge in [-0.1, -0.05) is 0 Å². The predicted octanol–water partition coefficient (Wildman–Crippen LogP) is 1.61. The summed E-state index contributed by atoms with van der Waals surface area (Å²) >= 11 is 0. The third kappa shape index (κ3) is 1.55. The van der Waals surface area contributed by atoms with Crippen LogP contribution < -0.4 is 9.47 Å². The van der Waals surface area contributed by atoms with E-state index in [0.717, 1.165) is 0 Å². The average molecular weight is 196 g/mol. The Hall–Kier alpha value is -1.58. The van der Waals surface area contributed by atoms with E-state index in [2.05, 4.69) is 0 Å². The summed E-state index contributed by atoms with van der Waals surface area (Å²) in [4.78, 5) is 11.0. The second-order valence-corrected chi connectivity index (χ2v) is 2.92. The second kappa shape index (κ2) is 3.65. The molecule has 74 valence electrons. The van der Waals surface area contributed by atoms with E-state index in [1.807, 2.05) is 0 Å². The Bertz CT molecular complexity index is 362. The Kier molecular flexibility index (Phi) is 2.35. The number of carbonyl (C=O) groups is 1. The monoisotopic (exact) mass is 196 g/mol. The highest BCUT2D eigenvalue weighted by Crippen LogP contribution is 2.30. The van der Waals surface area contributed by atoms with E-state index in [-0.39, 0.29) is 0 Å². The second-order valence-electron chi connectivity index (χ2n) is 2.92. The van der Waals surface area contributed by atoms with Gasteiger partial charge in [-0.2, -0.15) is 0 Å². The van der Waals surface area contributed by atoms with Crippen molar-refractivity contribution in [3.63, 3.8) is 0 Å². The van der Waals surface area contributed by atoms with Crippen molar-refractivity contribution in [2.75, 3.05) is 19.9 Å². The van der Waals surface area contributed by atoms with Crippen LogP contribution in [0.4, 0.5) is 4.39 Å². The fraction of sp³-hybridized carbons (Fsp3) is 0.300. The number of hydrogen-bond donors (Lipinski definition) is 0. The van der Waals surface area contributed by atoms with E-state index in [1.165, 1.54) is 12.1 Å². The molecule has 0 aliphatic carbocycles. The minimum atomic E-state index is -0.986. The number of alkyl halides is 1. The maximum atomic E-state index is 12.1. The standard InChI is InChI=1S/C10H9FO3/c11-6-8(12)7-1-2-9-10(5-7)14-4-3-13-9/h1-2,5H,3-4,6H2. The quantitative estimate of drug-likeness (QED) is 0.674. The maximum absolute atomic E-state index is 12.1. The Balaban J connectivity index is 2.33. The zero-order valence-electron chi connectivity index (χ0n) is 7.46. The average Bonchev–Trinajstić information content (AvgIpc) is 2.27. The van der Waals surface area contributed by atoms with E-state index < -0.39 is 12.5 Å². The number of carbonyl (C=O) groups excluding carboxylic acids is 1. The van der Waals surface area contributed by atoms with Crippen LogP contribution in [0.25, 0.3) is 0 Å². The van der Waals surface area contributed by atoms with Gasteiger partial charge in [-0.05, 0) is 18.2 Å². The summed E-state index contributed by atoms with van der Waals surface area (Å²) in [7, 11) is 0. The molecule has 1 aliphatic heterocycles. The van der Waals surface area contributed by atoms with Gasteiger partial charge in [0.2, 0.25) is 0 Å². The molecule has 0 N–H and O–H groups in total. The van der Waals surface area contributed by atoms with Crippen molar-refractivity contribution in [3.8, 4) is 11.5 Å². The van der Waals surface area contributed by atoms with Gasteiger partial charge in [-0.15, -0.1) is 0 Å². The van der Waals surface area contributed by atoms with E-state index in [9.17, 15) is 9.18 Å². The minimum Gasteiger partial charge on any atom is -0.486 e. The van der Waals surface area contributed by atoms with Crippen LogP contribution in [-0.4, -0.2) is 25.7 Å². The minimum absolute atomic E-state index is 0.316. The summed E-state index contributed by atoms with van der Waals surface area (Å²) in [5.74, 6) is 0.573. The zero-order valence-corrected chi connectivity index (χ0v) is 7.46. The Labute approximate surface area is 80.4 Å². The van der Waals surface area contributed by atoms with Crippen molar-refractivity contribution in [2.24, 2.45) is 0 Å². The van der Waals surface area contributed by atoms with Gasteiger partial charge in [-0.3, -0.25) is 4.79 Å². The lowest BCUT2D eigenvalue weighted by Crippen LogP contribution is -2.15. The molecule has 0 fully saturated rings. The molecule has 4 heteroatoms. The van der Waals surface area contributed by atoms with Crippen LogP contribution in [0.1, 0.15) is 10.4 Å². The van der Waals surface area contributed by atoms with Gasteiger partial charge in [0.05, 0.1) is 0 Å². The van der Waals surface area contributed by atoms with Crippen LogP contribution in [0.2, 0.25) is 0 Å². The van der Waals surface area contributed by atoms with Crippen molar-refractivity contribution in [2.45, 2.75) is 0 Å². The highest BCUT2D eigenvalue weighted by molar-refractivity contribution is 5.97. The highest BCUT2D eigenvalue weighted by atomic mass is 19.1. The Morgan fingerprint density at radius 3 is 2.71 bits per heavy atom. The first-order valence-electron chi connectivity index (χ1n) is 4.30. The van der Waals surface area contributed by atoms with Crippen molar-refractivity contribution in [1.29, 1.82) is 0 Å². The fourth-order valence-corrected chi connectivity index (χ4v) is 1.29. The number of benzene rings is 1. The molecule has 2 rings (SSSR count). The number of fused-ring (bicyclic) bond motifs is 1. The number of hydrogen-bond acceptors (Lipinski definition) is 3. The van der Waals surface area contributed by atoms with Crippen LogP contribution in [0.5, 0.6) is 11.5 Å². The predicted molar refractivity (Wildman–Crippen MR) is 47.7 cm³/mol. The molecule has 0 atom stereocenters. The van der Waals surface area contributed by atoms with E-state index in [0.29, 0.717) is 30.3 Å². The molecule has 14 heavy (non-hydrogen) atoms. The van der Waals surface area contributed by atoms with E-state index >= 15 is 0 Å². The molecule has 1 aliphatic rings. The van der Waals surface area contributed by atoms with Crippen LogP contribution in [0.3, 0.4) is 0 Å². The number of rotatable bonds is 2. The Morgan fingerprint density at radius 2 is 2.00 bits per heavy atom. The molecule has 0 spiro atoms. The van der Waals surface area contributed by atoms with Crippen molar-refractivity contribution in [3.05, 3.63) is 23.8 Å². The van der Waals surface area contributed by atoms with Crippen LogP contribution in [-0.2, 0) is 0 Å². The Morgan fingerprint density at radius 1 is 1.29 bits per heavy atom. The number of halogens is 1. The van der Waals surface area contributed by atoms with Crippen molar-refractivity contribution >= 4 is 5.78 Å². The lowest BCUT2D eigenvalue weighted by Gasteiger charge is -2.18. The molecule has 0 saturated carbocycles. The molecule has 3 nitrogen and oxygen atoms in total. The van der Waals surface area contributed by atoms with E-state index in [4.69, 9.17) is 9.47 Å². The van der Waals surface area contributed by atoms with Gasteiger partial charge in [0, 0.05) is 5.56 Å². The summed E-state index contributed by atoms with van der Waals surface area (Å²) in [6.07, 6.45) is 0. The molecule has 0 bridgehead atoms. The topological polar surface area (TPSA) is 35.5 Å². The van der Waals surface area contributed by atoms with Crippen LogP contribution in [0, 0.1) is 0 Å². The molecule has 1 aromatic rings. The summed E-state index contributed by atoms with van der Waals surface area (Å²) in [5.41, 5.74) is 0.316. The molecule has 0 amide bonds. The largest absolute Gasteiger partial charge is 0.486 e. The van der Waals surface area contributed by atoms with Crippen molar-refractivity contribution in [1.82, 2.24) is 0 Å². The SMILES string of the molecule is O=C(CF)c1ccc2c(c1)OCCO2. The normalized spacial score (nSPS) is 13.8. The molecular weight excluding hydrogens is 187 g/mol. The summed E-state index contributed by atoms with van der Waals surface area (Å²) in [6, 6.07) is 4.67. The summed E-state index contributed by atoms with van der Waals surface area (Å²) in [5, 5.41) is 0. The molecule has 0 radical (unpaired) electrons. The first-order chi connectivity index (χ1) is 6.81. The molecule has 0 saturated heterocycles. The van der Waals surface area contributed by atoms with Gasteiger partial charge in [-0.25, -0.2) is 4.39 Å². The highest BCUT2D eigenvalue weighted by Gasteiger charge is 2.14. The van der Waals surface area contributed by atoms with Gasteiger partial charge < -0.3 is 9.47 Å². The number of ketones is 1. The zero-order chi connectivity index (χ0) is 9.97. The van der Waals surface area contributed by atoms with Gasteiger partial charge >= 0.3 is 0 Å². The smallest absolute Gasteiger partial charge is 0.193 e. The van der Waals surface area contributed by atoms with Crippen LogP contribution >= 0.6 is 0 Å². The van der Waals surface area contributed by atoms with Crippen molar-refractivity contribution < 1.29 is 18.7 Å². The maximum Gasteiger partial charge on any atom is 0.193 e. The molecule has 1 aromatic carbocycles. The first kappa shape index (κ1) is 8.99. The lowest BCUT2D eigenvalue weighted by atomic mass is 10.1. The van der Waals surface area contributed by atoms with Gasteiger partial charge in [0.25, 0.3) is 0 Å². The van der Waals surface area contributed by atoms with E-state index in [1.54, 1.807) is 6.07 Å². The third-order valence-electron chi connectivity index (χ3n) is 1.99. The molecule has 0 aromatic heterocycles.